The maximum atomic E-state index is 10.5. The van der Waals surface area contributed by atoms with Crippen LogP contribution in [0, 0.1) is 10.1 Å². The van der Waals surface area contributed by atoms with Crippen LogP contribution in [-0.4, -0.2) is 152 Å². The van der Waals surface area contributed by atoms with Gasteiger partial charge in [-0.05, 0) is 12.8 Å². The zero-order valence-corrected chi connectivity index (χ0v) is 22.3. The lowest BCUT2D eigenvalue weighted by Crippen LogP contribution is -2.32. The molecule has 0 aromatic carbocycles. The van der Waals surface area contributed by atoms with Crippen LogP contribution < -0.4 is 0 Å². The Morgan fingerprint density at radius 1 is 0.605 bits per heavy atom. The molecule has 1 atom stereocenters. The number of carbonyl (C=O) groups is 2. The Morgan fingerprint density at radius 2 is 0.921 bits per heavy atom. The molecule has 0 spiro atoms. The summed E-state index contributed by atoms with van der Waals surface area (Å²) in [4.78, 5) is 33.9. The Balaban J connectivity index is -0.000000522. The van der Waals surface area contributed by atoms with Gasteiger partial charge in [-0.25, -0.2) is 4.79 Å². The van der Waals surface area contributed by atoms with Crippen LogP contribution >= 0.6 is 0 Å². The molecule has 0 rings (SSSR count). The number of nitrogens with zero attached hydrogens (tertiary/aromatic N) is 3. The molecule has 0 amide bonds. The van der Waals surface area contributed by atoms with Crippen LogP contribution in [0.5, 0.6) is 0 Å². The second-order valence-electron chi connectivity index (χ2n) is 8.22. The first-order valence-corrected chi connectivity index (χ1v) is 12.8. The molecule has 38 heavy (non-hydrogen) atoms. The van der Waals surface area contributed by atoms with Gasteiger partial charge in [0.05, 0.1) is 39.6 Å². The highest BCUT2D eigenvalue weighted by atomic mass is 16.6. The Labute approximate surface area is 224 Å². The first-order valence-electron chi connectivity index (χ1n) is 12.8. The molecule has 0 radical (unpaired) electrons. The summed E-state index contributed by atoms with van der Waals surface area (Å²) in [5.74, 6) is -2.19. The van der Waals surface area contributed by atoms with Gasteiger partial charge >= 0.3 is 18.0 Å². The van der Waals surface area contributed by atoms with E-state index in [9.17, 15) is 19.7 Å². The number of aliphatic hydroxyl groups is 6. The monoisotopic (exact) mass is 559 g/mol. The molecule has 0 aromatic heterocycles. The lowest BCUT2D eigenvalue weighted by molar-refractivity contribution is -0.511. The van der Waals surface area contributed by atoms with Gasteiger partial charge in [-0.15, -0.1) is 0 Å². The van der Waals surface area contributed by atoms with Crippen LogP contribution in [0.3, 0.4) is 0 Å². The molecular weight excluding hydrogens is 510 g/mol. The van der Waals surface area contributed by atoms with E-state index in [-0.39, 0.29) is 52.5 Å². The molecule has 0 aliphatic rings. The number of hydrogen-bond donors (Lipinski definition) is 8. The molecule has 0 bridgehead atoms. The first-order chi connectivity index (χ1) is 18.1. The van der Waals surface area contributed by atoms with E-state index in [4.69, 9.17) is 40.9 Å². The number of unbranched alkanes of at least 4 members (excludes halogenated alkanes) is 5. The second kappa shape index (κ2) is 31.2. The van der Waals surface area contributed by atoms with E-state index in [1.54, 1.807) is 9.80 Å². The smallest absolute Gasteiger partial charge is 0.379 e. The van der Waals surface area contributed by atoms with E-state index in [2.05, 4.69) is 0 Å². The van der Waals surface area contributed by atoms with Crippen molar-refractivity contribution in [2.45, 2.75) is 57.4 Å². The van der Waals surface area contributed by atoms with Crippen molar-refractivity contribution in [1.82, 2.24) is 9.80 Å². The SMILES string of the molecule is O=C(O)CCCCCCCCC(C(=O)O)[N+](=O)[O-].OCCN(CCO)CCO.OCCN(CCO)CCO. The summed E-state index contributed by atoms with van der Waals surface area (Å²) >= 11 is 0. The molecule has 0 aromatic rings. The minimum Gasteiger partial charge on any atom is -0.481 e. The number of hydrogen-bond acceptors (Lipinski definition) is 12. The molecule has 0 aliphatic carbocycles. The summed E-state index contributed by atoms with van der Waals surface area (Å²) in [6, 6.07) is -1.50. The number of rotatable bonds is 23. The molecule has 8 N–H and O–H groups in total. The summed E-state index contributed by atoms with van der Waals surface area (Å²) in [7, 11) is 0. The van der Waals surface area contributed by atoms with Gasteiger partial charge < -0.3 is 40.9 Å². The lowest BCUT2D eigenvalue weighted by atomic mass is 10.1. The van der Waals surface area contributed by atoms with Crippen LogP contribution in [-0.2, 0) is 9.59 Å². The largest absolute Gasteiger partial charge is 0.481 e. The quantitative estimate of drug-likeness (QED) is 0.0401. The second-order valence-corrected chi connectivity index (χ2v) is 8.22. The van der Waals surface area contributed by atoms with Gasteiger partial charge in [-0.1, -0.05) is 25.7 Å². The van der Waals surface area contributed by atoms with Crippen LogP contribution in [0.25, 0.3) is 0 Å². The maximum absolute atomic E-state index is 10.5. The van der Waals surface area contributed by atoms with Gasteiger partial charge in [-0.3, -0.25) is 24.7 Å². The molecule has 15 nitrogen and oxygen atoms in total. The standard InChI is InChI=1S/C11H19NO6.2C6H15NO3/c13-10(14)8-6-4-2-1-3-5-7-9(11(15)16)12(17)18;2*8-4-1-7(2-5-9)3-6-10/h9H,1-8H2,(H,13,14)(H,15,16);2*8-10H,1-6H2. The fourth-order valence-corrected chi connectivity index (χ4v) is 3.16. The Bertz CT molecular complexity index is 497. The summed E-state index contributed by atoms with van der Waals surface area (Å²) in [5, 5.41) is 78.3. The average Bonchev–Trinajstić information content (AvgIpc) is 2.84. The number of nitro groups is 1. The molecular formula is C23H49N3O12. The van der Waals surface area contributed by atoms with Crippen molar-refractivity contribution in [2.24, 2.45) is 0 Å². The third-order valence-corrected chi connectivity index (χ3v) is 5.16. The van der Waals surface area contributed by atoms with Crippen molar-refractivity contribution < 1.29 is 55.4 Å². The summed E-state index contributed by atoms with van der Waals surface area (Å²) in [6.45, 7) is 3.51. The summed E-state index contributed by atoms with van der Waals surface area (Å²) in [5.41, 5.74) is 0. The van der Waals surface area contributed by atoms with Crippen LogP contribution in [0.15, 0.2) is 0 Å². The molecule has 1 unspecified atom stereocenters. The van der Waals surface area contributed by atoms with Crippen molar-refractivity contribution in [3.63, 3.8) is 0 Å². The maximum Gasteiger partial charge on any atom is 0.379 e. The van der Waals surface area contributed by atoms with E-state index < -0.39 is 22.9 Å². The minimum absolute atomic E-state index is 0.0530. The third-order valence-electron chi connectivity index (χ3n) is 5.16. The van der Waals surface area contributed by atoms with Crippen molar-refractivity contribution in [3.8, 4) is 0 Å². The molecule has 228 valence electrons. The highest BCUT2D eigenvalue weighted by molar-refractivity contribution is 5.71. The van der Waals surface area contributed by atoms with Crippen molar-refractivity contribution >= 4 is 11.9 Å². The number of aliphatic carboxylic acids is 2. The first kappa shape index (κ1) is 40.5. The topological polar surface area (TPSA) is 246 Å². The Hall–Kier alpha value is -1.98. The Kier molecular flexibility index (Phi) is 33.3. The normalized spacial score (nSPS) is 11.4. The van der Waals surface area contributed by atoms with Gasteiger partial charge in [-0.2, -0.15) is 0 Å². The predicted molar refractivity (Wildman–Crippen MR) is 138 cm³/mol. The number of aliphatic hydroxyl groups excluding tert-OH is 6. The fourth-order valence-electron chi connectivity index (χ4n) is 3.16. The fraction of sp³-hybridized carbons (Fsp3) is 0.913. The highest BCUT2D eigenvalue weighted by Gasteiger charge is 2.27. The van der Waals surface area contributed by atoms with Gasteiger partial charge in [0.15, 0.2) is 0 Å². The van der Waals surface area contributed by atoms with Crippen molar-refractivity contribution in [1.29, 1.82) is 0 Å². The van der Waals surface area contributed by atoms with Gasteiger partial charge in [0, 0.05) is 57.0 Å². The third kappa shape index (κ3) is 30.2. The van der Waals surface area contributed by atoms with E-state index in [1.165, 1.54) is 0 Å². The van der Waals surface area contributed by atoms with E-state index >= 15 is 0 Å². The lowest BCUT2D eigenvalue weighted by Gasteiger charge is -2.17. The van der Waals surface area contributed by atoms with Gasteiger partial charge in [0.2, 0.25) is 0 Å². The predicted octanol–water partition coefficient (Wildman–Crippen LogP) is -1.55. The molecule has 0 aliphatic heterocycles. The average molecular weight is 560 g/mol. The number of carboxylic acids is 2. The number of carboxylic acid groups (broad SMARTS) is 2. The summed E-state index contributed by atoms with van der Waals surface area (Å²) in [6.07, 6.45) is 4.67. The zero-order chi connectivity index (χ0) is 29.6. The Morgan fingerprint density at radius 3 is 1.18 bits per heavy atom. The van der Waals surface area contributed by atoms with Gasteiger partial charge in [0.25, 0.3) is 0 Å². The van der Waals surface area contributed by atoms with E-state index in [0.29, 0.717) is 52.1 Å². The van der Waals surface area contributed by atoms with Crippen LogP contribution in [0.2, 0.25) is 0 Å². The van der Waals surface area contributed by atoms with Crippen LogP contribution in [0.1, 0.15) is 51.4 Å². The molecule has 0 fully saturated rings. The van der Waals surface area contributed by atoms with Gasteiger partial charge in [0.1, 0.15) is 0 Å². The highest BCUT2D eigenvalue weighted by Crippen LogP contribution is 2.11. The van der Waals surface area contributed by atoms with Crippen LogP contribution in [0.4, 0.5) is 0 Å². The van der Waals surface area contributed by atoms with E-state index in [1.807, 2.05) is 0 Å². The molecule has 0 saturated heterocycles. The summed E-state index contributed by atoms with van der Waals surface area (Å²) < 4.78 is 0. The minimum atomic E-state index is -1.50. The van der Waals surface area contributed by atoms with E-state index in [0.717, 1.165) is 25.7 Å². The molecule has 0 saturated carbocycles. The van der Waals surface area contributed by atoms with Crippen molar-refractivity contribution in [3.05, 3.63) is 10.1 Å². The zero-order valence-electron chi connectivity index (χ0n) is 22.3. The van der Waals surface area contributed by atoms with Crippen molar-refractivity contribution in [2.75, 3.05) is 78.9 Å². The molecule has 0 heterocycles. The molecule has 15 heteroatoms.